The summed E-state index contributed by atoms with van der Waals surface area (Å²) in [7, 11) is -3.76. The lowest BCUT2D eigenvalue weighted by Crippen LogP contribution is -2.31. The molecule has 0 aliphatic rings. The topological polar surface area (TPSA) is 140 Å². The van der Waals surface area contributed by atoms with Gasteiger partial charge in [-0.1, -0.05) is 0 Å². The van der Waals surface area contributed by atoms with Gasteiger partial charge in [0.1, 0.15) is 11.9 Å². The zero-order valence-corrected chi connectivity index (χ0v) is 14.2. The lowest BCUT2D eigenvalue weighted by molar-refractivity contribution is -0.670. The van der Waals surface area contributed by atoms with Crippen molar-refractivity contribution in [3.05, 3.63) is 60.9 Å². The van der Waals surface area contributed by atoms with Gasteiger partial charge in [0.05, 0.1) is 20.3 Å². The summed E-state index contributed by atoms with van der Waals surface area (Å²) in [4.78, 5) is 0.141. The van der Waals surface area contributed by atoms with Crippen molar-refractivity contribution in [2.75, 3.05) is 0 Å². The second-order valence-electron chi connectivity index (χ2n) is 5.42. The summed E-state index contributed by atoms with van der Waals surface area (Å²) in [6.07, 6.45) is 2.27. The van der Waals surface area contributed by atoms with E-state index in [2.05, 4.69) is 19.6 Å². The van der Waals surface area contributed by atoms with Crippen LogP contribution in [0, 0.1) is 0 Å². The van der Waals surface area contributed by atoms with Crippen molar-refractivity contribution < 1.29 is 37.0 Å². The Kier molecular flexibility index (Phi) is 3.85. The van der Waals surface area contributed by atoms with E-state index in [1.54, 1.807) is 0 Å². The van der Waals surface area contributed by atoms with Crippen LogP contribution in [0.2, 0.25) is 0 Å². The Bertz CT molecular complexity index is 1110. The molecule has 2 aromatic heterocycles. The standard InChI is InChI=1S/C16H10N4O6S/c21-15-9-19(17-25-15)11-1-5-13(6-2-11)27(23,24)14-7-3-12(4-8-14)20-10-16(22)26-18-20/h1-10H. The third-order valence-electron chi connectivity index (χ3n) is 3.72. The molecule has 0 saturated heterocycles. The summed E-state index contributed by atoms with van der Waals surface area (Å²) >= 11 is 0. The van der Waals surface area contributed by atoms with E-state index < -0.39 is 21.7 Å². The molecule has 4 rings (SSSR count). The normalized spacial score (nSPS) is 11.6. The number of rotatable bonds is 4. The van der Waals surface area contributed by atoms with Gasteiger partial charge in [-0.05, 0) is 33.6 Å². The van der Waals surface area contributed by atoms with Crippen molar-refractivity contribution in [2.45, 2.75) is 9.79 Å². The van der Waals surface area contributed by atoms with Gasteiger partial charge in [0.2, 0.25) is 33.6 Å². The Balaban J connectivity index is 1.63. The Morgan fingerprint density at radius 1 is 0.704 bits per heavy atom. The zero-order chi connectivity index (χ0) is 19.0. The first-order valence-corrected chi connectivity index (χ1v) is 8.99. The van der Waals surface area contributed by atoms with Gasteiger partial charge in [0.15, 0.2) is 0 Å². The number of benzene rings is 2. The quantitative estimate of drug-likeness (QED) is 0.415. The van der Waals surface area contributed by atoms with Crippen LogP contribution in [0.5, 0.6) is 11.9 Å². The lowest BCUT2D eigenvalue weighted by Gasteiger charge is -2.04. The molecule has 0 atom stereocenters. The van der Waals surface area contributed by atoms with E-state index in [-0.39, 0.29) is 9.79 Å². The molecule has 0 bridgehead atoms. The van der Waals surface area contributed by atoms with Crippen LogP contribution in [0.15, 0.2) is 79.8 Å². The fraction of sp³-hybridized carbons (Fsp3) is 0. The largest absolute Gasteiger partial charge is 0.539 e. The van der Waals surface area contributed by atoms with Gasteiger partial charge in [-0.15, -0.1) is 0 Å². The van der Waals surface area contributed by atoms with Crippen molar-refractivity contribution in [1.82, 2.24) is 10.5 Å². The van der Waals surface area contributed by atoms with E-state index in [1.165, 1.54) is 57.9 Å². The van der Waals surface area contributed by atoms with E-state index in [0.717, 1.165) is 12.4 Å². The molecule has 0 aliphatic heterocycles. The molecule has 136 valence electrons. The molecule has 2 aromatic carbocycles. The summed E-state index contributed by atoms with van der Waals surface area (Å²) in [6.45, 7) is 0. The molecule has 0 aliphatic carbocycles. The second kappa shape index (κ2) is 6.21. The number of hydrogen-bond donors (Lipinski definition) is 0. The summed E-state index contributed by atoms with van der Waals surface area (Å²) in [5.41, 5.74) is 0.956. The van der Waals surface area contributed by atoms with Crippen LogP contribution in [0.3, 0.4) is 0 Å². The molecule has 0 fully saturated rings. The Hall–Kier alpha value is -3.73. The SMILES string of the molecule is O=S(=O)(c1ccc(-[n+]2cc([O-])on2)cc1)c1ccc(-[n+]2cc([O-])on2)cc1. The summed E-state index contributed by atoms with van der Waals surface area (Å²) < 4.78 is 36.8. The van der Waals surface area contributed by atoms with Crippen LogP contribution in [-0.2, 0) is 9.84 Å². The van der Waals surface area contributed by atoms with Gasteiger partial charge in [0.25, 0.3) is 0 Å². The molecular formula is C16H10N4O6S. The van der Waals surface area contributed by atoms with E-state index in [4.69, 9.17) is 0 Å². The number of aromatic nitrogens is 4. The summed E-state index contributed by atoms with van der Waals surface area (Å²) in [5.74, 6) is -1.22. The zero-order valence-electron chi connectivity index (χ0n) is 13.4. The van der Waals surface area contributed by atoms with Crippen molar-refractivity contribution in [1.29, 1.82) is 0 Å². The fourth-order valence-electron chi connectivity index (χ4n) is 2.40. The van der Waals surface area contributed by atoms with Crippen LogP contribution in [-0.4, -0.2) is 19.0 Å². The fourth-order valence-corrected chi connectivity index (χ4v) is 3.66. The molecule has 10 nitrogen and oxygen atoms in total. The van der Waals surface area contributed by atoms with E-state index in [9.17, 15) is 18.6 Å². The molecule has 0 radical (unpaired) electrons. The smallest absolute Gasteiger partial charge is 0.239 e. The van der Waals surface area contributed by atoms with Crippen LogP contribution in [0.25, 0.3) is 11.4 Å². The molecule has 0 saturated carbocycles. The minimum absolute atomic E-state index is 0.0707. The average Bonchev–Trinajstić information content (AvgIpc) is 3.30. The highest BCUT2D eigenvalue weighted by molar-refractivity contribution is 7.91. The van der Waals surface area contributed by atoms with Gasteiger partial charge in [-0.3, -0.25) is 0 Å². The van der Waals surface area contributed by atoms with Crippen LogP contribution >= 0.6 is 0 Å². The van der Waals surface area contributed by atoms with E-state index in [1.807, 2.05) is 0 Å². The molecule has 0 amide bonds. The Morgan fingerprint density at radius 2 is 1.07 bits per heavy atom. The molecular weight excluding hydrogens is 376 g/mol. The minimum Gasteiger partial charge on any atom is -0.539 e. The number of nitrogens with zero attached hydrogens (tertiary/aromatic N) is 4. The van der Waals surface area contributed by atoms with Gasteiger partial charge in [-0.2, -0.15) is 0 Å². The third-order valence-corrected chi connectivity index (χ3v) is 5.50. The Morgan fingerprint density at radius 3 is 1.37 bits per heavy atom. The maximum absolute atomic E-state index is 12.8. The average molecular weight is 386 g/mol. The van der Waals surface area contributed by atoms with Gasteiger partial charge in [-0.25, -0.2) is 8.42 Å². The number of sulfone groups is 1. The van der Waals surface area contributed by atoms with E-state index >= 15 is 0 Å². The predicted octanol–water partition coefficient (Wildman–Crippen LogP) is -0.804. The van der Waals surface area contributed by atoms with Crippen molar-refractivity contribution in [3.63, 3.8) is 0 Å². The van der Waals surface area contributed by atoms with Crippen LogP contribution in [0.4, 0.5) is 0 Å². The molecule has 4 aromatic rings. The highest BCUT2D eigenvalue weighted by Crippen LogP contribution is 2.21. The second-order valence-corrected chi connectivity index (χ2v) is 7.37. The maximum atomic E-state index is 12.8. The van der Waals surface area contributed by atoms with Crippen molar-refractivity contribution in [2.24, 2.45) is 0 Å². The number of hydrogen-bond acceptors (Lipinski definition) is 8. The molecule has 0 unspecified atom stereocenters. The third kappa shape index (κ3) is 3.11. The van der Waals surface area contributed by atoms with Crippen molar-refractivity contribution >= 4 is 9.84 Å². The first-order chi connectivity index (χ1) is 12.9. The van der Waals surface area contributed by atoms with Gasteiger partial charge in [0, 0.05) is 24.3 Å². The molecule has 2 heterocycles. The van der Waals surface area contributed by atoms with Gasteiger partial charge < -0.3 is 19.3 Å². The van der Waals surface area contributed by atoms with Crippen molar-refractivity contribution in [3.8, 4) is 23.3 Å². The highest BCUT2D eigenvalue weighted by atomic mass is 32.2. The molecule has 27 heavy (non-hydrogen) atoms. The summed E-state index contributed by atoms with van der Waals surface area (Å²) in [6, 6.07) is 11.6. The molecule has 0 spiro atoms. The van der Waals surface area contributed by atoms with E-state index in [0.29, 0.717) is 11.4 Å². The maximum Gasteiger partial charge on any atom is 0.239 e. The highest BCUT2D eigenvalue weighted by Gasteiger charge is 2.20. The first-order valence-electron chi connectivity index (χ1n) is 7.51. The lowest BCUT2D eigenvalue weighted by atomic mass is 10.3. The van der Waals surface area contributed by atoms with Crippen LogP contribution in [0.1, 0.15) is 0 Å². The Labute approximate surface area is 152 Å². The van der Waals surface area contributed by atoms with Crippen LogP contribution < -0.4 is 19.6 Å². The predicted molar refractivity (Wildman–Crippen MR) is 80.4 cm³/mol. The van der Waals surface area contributed by atoms with Gasteiger partial charge >= 0.3 is 0 Å². The monoisotopic (exact) mass is 386 g/mol. The minimum atomic E-state index is -3.76. The molecule has 0 N–H and O–H groups in total. The molecule has 11 heteroatoms. The first kappa shape index (κ1) is 16.7. The summed E-state index contributed by atoms with van der Waals surface area (Å²) in [5, 5.41) is 29.1.